The first-order chi connectivity index (χ1) is 19.9. The number of aryl methyl sites for hydroxylation is 2. The Morgan fingerprint density at radius 2 is 1.64 bits per heavy atom. The zero-order valence-corrected chi connectivity index (χ0v) is 26.6. The van der Waals surface area contributed by atoms with Gasteiger partial charge in [-0.2, -0.15) is 0 Å². The highest BCUT2D eigenvalue weighted by molar-refractivity contribution is 7.92. The molecule has 42 heavy (non-hydrogen) atoms. The summed E-state index contributed by atoms with van der Waals surface area (Å²) in [6.45, 7) is 9.11. The molecule has 3 rings (SSSR count). The molecule has 3 aromatic rings. The molecule has 0 aliphatic rings. The molecule has 0 fully saturated rings. The lowest BCUT2D eigenvalue weighted by atomic mass is 10.1. The summed E-state index contributed by atoms with van der Waals surface area (Å²) < 4.78 is 34.3. The largest absolute Gasteiger partial charge is 0.495 e. The standard InChI is InChI=1S/C32H40ClN3O5S/c1-7-24(5)34-32(38)29(8-2)35(20-25-11-9-10-23(4)18-25)31(37)21-36(26-14-17-30(41-6)28(33)19-26)42(39,40)27-15-12-22(3)13-16-27/h9-19,24,29H,7-8,20-21H2,1-6H3,(H,34,38)/t24-,29+/m1/s1. The average Bonchev–Trinajstić information content (AvgIpc) is 2.95. The van der Waals surface area contributed by atoms with E-state index in [4.69, 9.17) is 16.3 Å². The molecular weight excluding hydrogens is 574 g/mol. The molecule has 1 N–H and O–H groups in total. The zero-order valence-electron chi connectivity index (χ0n) is 25.1. The van der Waals surface area contributed by atoms with Gasteiger partial charge < -0.3 is 15.0 Å². The predicted molar refractivity (Wildman–Crippen MR) is 167 cm³/mol. The SMILES string of the molecule is CC[C@@H](C)NC(=O)[C@H](CC)N(Cc1cccc(C)c1)C(=O)CN(c1ccc(OC)c(Cl)c1)S(=O)(=O)c1ccc(C)cc1. The van der Waals surface area contributed by atoms with Gasteiger partial charge in [-0.25, -0.2) is 8.42 Å². The molecule has 8 nitrogen and oxygen atoms in total. The van der Waals surface area contributed by atoms with E-state index in [2.05, 4.69) is 5.32 Å². The molecule has 0 unspecified atom stereocenters. The van der Waals surface area contributed by atoms with Gasteiger partial charge in [-0.3, -0.25) is 13.9 Å². The number of anilines is 1. The fourth-order valence-electron chi connectivity index (χ4n) is 4.54. The van der Waals surface area contributed by atoms with Crippen molar-refractivity contribution in [2.75, 3.05) is 18.0 Å². The van der Waals surface area contributed by atoms with Gasteiger partial charge in [0.25, 0.3) is 10.0 Å². The minimum atomic E-state index is -4.21. The second-order valence-electron chi connectivity index (χ2n) is 10.4. The number of benzene rings is 3. The number of halogens is 1. The number of amides is 2. The molecule has 0 aliphatic carbocycles. The first-order valence-electron chi connectivity index (χ1n) is 14.0. The molecule has 10 heteroatoms. The van der Waals surface area contributed by atoms with Crippen LogP contribution in [0.4, 0.5) is 5.69 Å². The fraction of sp³-hybridized carbons (Fsp3) is 0.375. The molecule has 2 amide bonds. The number of carbonyl (C=O) groups is 2. The normalized spacial score (nSPS) is 12.7. The first kappa shape index (κ1) is 32.9. The number of hydrogen-bond acceptors (Lipinski definition) is 5. The highest BCUT2D eigenvalue weighted by atomic mass is 35.5. The predicted octanol–water partition coefficient (Wildman–Crippen LogP) is 5.88. The summed E-state index contributed by atoms with van der Waals surface area (Å²) in [5, 5.41) is 3.18. The van der Waals surface area contributed by atoms with Gasteiger partial charge >= 0.3 is 0 Å². The molecule has 0 aliphatic heterocycles. The molecule has 0 saturated carbocycles. The monoisotopic (exact) mass is 613 g/mol. The van der Waals surface area contributed by atoms with Gasteiger partial charge in [-0.05, 0) is 69.5 Å². The molecule has 0 bridgehead atoms. The fourth-order valence-corrected chi connectivity index (χ4v) is 6.20. The number of methoxy groups -OCH3 is 1. The van der Waals surface area contributed by atoms with Gasteiger partial charge in [0, 0.05) is 12.6 Å². The van der Waals surface area contributed by atoms with Crippen LogP contribution in [-0.4, -0.2) is 50.9 Å². The summed E-state index contributed by atoms with van der Waals surface area (Å²) >= 11 is 6.39. The Morgan fingerprint density at radius 3 is 2.21 bits per heavy atom. The third kappa shape index (κ3) is 8.04. The molecule has 226 valence electrons. The molecule has 3 aromatic carbocycles. The van der Waals surface area contributed by atoms with E-state index in [9.17, 15) is 18.0 Å². The minimum Gasteiger partial charge on any atom is -0.495 e. The van der Waals surface area contributed by atoms with E-state index >= 15 is 0 Å². The van der Waals surface area contributed by atoms with Crippen molar-refractivity contribution in [3.05, 3.63) is 88.4 Å². The Kier molecular flexibility index (Phi) is 11.4. The molecule has 0 heterocycles. The average molecular weight is 614 g/mol. The molecule has 2 atom stereocenters. The highest BCUT2D eigenvalue weighted by Gasteiger charge is 2.34. The van der Waals surface area contributed by atoms with Crippen molar-refractivity contribution in [2.45, 2.75) is 71.0 Å². The van der Waals surface area contributed by atoms with Crippen LogP contribution in [0, 0.1) is 13.8 Å². The van der Waals surface area contributed by atoms with E-state index in [1.165, 1.54) is 30.2 Å². The molecule has 0 saturated heterocycles. The lowest BCUT2D eigenvalue weighted by Crippen LogP contribution is -2.53. The summed E-state index contributed by atoms with van der Waals surface area (Å²) in [5.74, 6) is -0.438. The van der Waals surface area contributed by atoms with Crippen molar-refractivity contribution >= 4 is 39.1 Å². The van der Waals surface area contributed by atoms with E-state index in [-0.39, 0.29) is 34.1 Å². The van der Waals surface area contributed by atoms with Crippen LogP contribution < -0.4 is 14.4 Å². The van der Waals surface area contributed by atoms with Crippen LogP contribution in [0.25, 0.3) is 0 Å². The van der Waals surface area contributed by atoms with Crippen molar-refractivity contribution in [3.8, 4) is 5.75 Å². The number of sulfonamides is 1. The van der Waals surface area contributed by atoms with Crippen LogP contribution in [0.15, 0.2) is 71.6 Å². The zero-order chi connectivity index (χ0) is 31.0. The van der Waals surface area contributed by atoms with Gasteiger partial charge in [0.15, 0.2) is 0 Å². The number of ether oxygens (including phenoxy) is 1. The van der Waals surface area contributed by atoms with Gasteiger partial charge in [-0.15, -0.1) is 0 Å². The van der Waals surface area contributed by atoms with Crippen LogP contribution in [-0.2, 0) is 26.2 Å². The number of nitrogens with zero attached hydrogens (tertiary/aromatic N) is 2. The lowest BCUT2D eigenvalue weighted by molar-refractivity contribution is -0.140. The van der Waals surface area contributed by atoms with Gasteiger partial charge in [0.05, 0.1) is 22.7 Å². The Bertz CT molecular complexity index is 1490. The molecule has 0 spiro atoms. The van der Waals surface area contributed by atoms with E-state index < -0.39 is 28.5 Å². The Labute approximate surface area is 254 Å². The topological polar surface area (TPSA) is 96.0 Å². The summed E-state index contributed by atoms with van der Waals surface area (Å²) in [6, 6.07) is 17.7. The molecule has 0 aromatic heterocycles. The highest BCUT2D eigenvalue weighted by Crippen LogP contribution is 2.32. The number of carbonyl (C=O) groups excluding carboxylic acids is 2. The lowest BCUT2D eigenvalue weighted by Gasteiger charge is -2.34. The third-order valence-corrected chi connectivity index (χ3v) is 9.22. The van der Waals surface area contributed by atoms with Gasteiger partial charge in [-0.1, -0.05) is 73.0 Å². The van der Waals surface area contributed by atoms with Crippen LogP contribution >= 0.6 is 11.6 Å². The van der Waals surface area contributed by atoms with Crippen molar-refractivity contribution in [3.63, 3.8) is 0 Å². The van der Waals surface area contributed by atoms with Crippen LogP contribution in [0.2, 0.25) is 5.02 Å². The van der Waals surface area contributed by atoms with Crippen LogP contribution in [0.5, 0.6) is 5.75 Å². The number of hydrogen-bond donors (Lipinski definition) is 1. The maximum Gasteiger partial charge on any atom is 0.264 e. The Balaban J connectivity index is 2.10. The van der Waals surface area contributed by atoms with E-state index in [0.29, 0.717) is 12.2 Å². The van der Waals surface area contributed by atoms with Gasteiger partial charge in [0.2, 0.25) is 11.8 Å². The van der Waals surface area contributed by atoms with Gasteiger partial charge in [0.1, 0.15) is 18.3 Å². The summed E-state index contributed by atoms with van der Waals surface area (Å²) in [7, 11) is -2.74. The van der Waals surface area contributed by atoms with Crippen molar-refractivity contribution in [1.29, 1.82) is 0 Å². The number of rotatable bonds is 13. The second-order valence-corrected chi connectivity index (χ2v) is 12.7. The van der Waals surface area contributed by atoms with Crippen molar-refractivity contribution in [2.24, 2.45) is 0 Å². The van der Waals surface area contributed by atoms with Crippen molar-refractivity contribution in [1.82, 2.24) is 10.2 Å². The van der Waals surface area contributed by atoms with E-state index in [1.54, 1.807) is 24.3 Å². The maximum atomic E-state index is 14.2. The number of nitrogens with one attached hydrogen (secondary N) is 1. The van der Waals surface area contributed by atoms with E-state index in [0.717, 1.165) is 27.4 Å². The Morgan fingerprint density at radius 1 is 0.952 bits per heavy atom. The van der Waals surface area contributed by atoms with Crippen LogP contribution in [0.3, 0.4) is 0 Å². The Hall–Kier alpha value is -3.56. The quantitative estimate of drug-likeness (QED) is 0.260. The second kappa shape index (κ2) is 14.6. The van der Waals surface area contributed by atoms with Crippen molar-refractivity contribution < 1.29 is 22.7 Å². The molecule has 0 radical (unpaired) electrons. The van der Waals surface area contributed by atoms with Crippen LogP contribution in [0.1, 0.15) is 50.3 Å². The summed E-state index contributed by atoms with van der Waals surface area (Å²) in [4.78, 5) is 29.1. The smallest absolute Gasteiger partial charge is 0.264 e. The minimum absolute atomic E-state index is 0.0274. The summed E-state index contributed by atoms with van der Waals surface area (Å²) in [5.41, 5.74) is 2.93. The first-order valence-corrected chi connectivity index (χ1v) is 15.8. The van der Waals surface area contributed by atoms with E-state index in [1.807, 2.05) is 58.9 Å². The summed E-state index contributed by atoms with van der Waals surface area (Å²) in [6.07, 6.45) is 1.08. The maximum absolute atomic E-state index is 14.2. The third-order valence-electron chi connectivity index (χ3n) is 7.13. The molecular formula is C32H40ClN3O5S.